The lowest BCUT2D eigenvalue weighted by Gasteiger charge is -2.40. The zero-order valence-electron chi connectivity index (χ0n) is 19.4. The molecule has 0 radical (unpaired) electrons. The SMILES string of the molecule is C[Si](C)(C)O[Si](C)(C)O[Si](C)(OCc1c([N+](=O)[O-])cc(F)cc1[N+](=O)[O-])O[Si](C)(C)C. The maximum Gasteiger partial charge on any atom is 0.478 e. The molecular formula is C16H31FN2O8Si4. The summed E-state index contributed by atoms with van der Waals surface area (Å²) in [5, 5.41) is 22.8. The molecule has 1 atom stereocenters. The van der Waals surface area contributed by atoms with Crippen LogP contribution >= 0.6 is 0 Å². The fourth-order valence-electron chi connectivity index (χ4n) is 3.13. The van der Waals surface area contributed by atoms with Gasteiger partial charge in [-0.3, -0.25) is 20.2 Å². The number of rotatable bonds is 11. The number of benzene rings is 1. The Morgan fingerprint density at radius 2 is 1.23 bits per heavy atom. The monoisotopic (exact) mass is 510 g/mol. The molecule has 1 unspecified atom stereocenters. The zero-order chi connectivity index (χ0) is 24.4. The molecule has 0 aliphatic rings. The summed E-state index contributed by atoms with van der Waals surface area (Å²) in [6.45, 7) is 16.7. The van der Waals surface area contributed by atoms with Gasteiger partial charge >= 0.3 is 17.4 Å². The van der Waals surface area contributed by atoms with E-state index in [0.29, 0.717) is 12.1 Å². The molecule has 15 heteroatoms. The minimum Gasteiger partial charge on any atom is -0.437 e. The molecule has 0 saturated carbocycles. The Bertz CT molecular complexity index is 809. The highest BCUT2D eigenvalue weighted by atomic mass is 28.5. The van der Waals surface area contributed by atoms with Crippen LogP contribution in [0.3, 0.4) is 0 Å². The molecule has 0 fully saturated rings. The summed E-state index contributed by atoms with van der Waals surface area (Å²) in [5.41, 5.74) is -1.81. The summed E-state index contributed by atoms with van der Waals surface area (Å²) in [6, 6.07) is 1.27. The molecule has 31 heavy (non-hydrogen) atoms. The molecule has 0 N–H and O–H groups in total. The standard InChI is InChI=1S/C16H31FN2O8Si4/c1-28(2,3)25-30(7,8)27-31(9,26-29(4,5)6)24-12-14-15(18(20)21)10-13(17)11-16(14)19(22)23/h10-11H,12H2,1-9H3. The van der Waals surface area contributed by atoms with Crippen LogP contribution in [0.15, 0.2) is 12.1 Å². The van der Waals surface area contributed by atoms with Gasteiger partial charge in [-0.25, -0.2) is 4.39 Å². The molecule has 176 valence electrons. The van der Waals surface area contributed by atoms with E-state index in [1.54, 1.807) is 6.55 Å². The lowest BCUT2D eigenvalue weighted by Crippen LogP contribution is -2.58. The molecule has 0 aliphatic heterocycles. The van der Waals surface area contributed by atoms with E-state index in [0.717, 1.165) is 0 Å². The highest BCUT2D eigenvalue weighted by molar-refractivity contribution is 6.87. The third kappa shape index (κ3) is 9.35. The third-order valence-electron chi connectivity index (χ3n) is 3.51. The predicted molar refractivity (Wildman–Crippen MR) is 124 cm³/mol. The number of hydrogen-bond donors (Lipinski definition) is 0. The van der Waals surface area contributed by atoms with Gasteiger partial charge < -0.3 is 16.8 Å². The molecule has 0 heterocycles. The first-order valence-electron chi connectivity index (χ1n) is 9.59. The van der Waals surface area contributed by atoms with Gasteiger partial charge in [-0.05, 0) is 52.4 Å². The summed E-state index contributed by atoms with van der Waals surface area (Å²) in [4.78, 5) is 21.0. The Labute approximate surface area is 185 Å². The van der Waals surface area contributed by atoms with E-state index in [1.165, 1.54) is 0 Å². The van der Waals surface area contributed by atoms with Crippen LogP contribution in [0.2, 0.25) is 58.9 Å². The summed E-state index contributed by atoms with van der Waals surface area (Å²) in [6.07, 6.45) is 0. The number of hydrogen-bond acceptors (Lipinski definition) is 8. The van der Waals surface area contributed by atoms with Gasteiger partial charge in [0.25, 0.3) is 11.4 Å². The van der Waals surface area contributed by atoms with Crippen molar-refractivity contribution in [1.82, 2.24) is 0 Å². The molecule has 0 aliphatic carbocycles. The average Bonchev–Trinajstić information content (AvgIpc) is 2.47. The normalized spacial score (nSPS) is 14.9. The van der Waals surface area contributed by atoms with Crippen molar-refractivity contribution in [2.24, 2.45) is 0 Å². The smallest absolute Gasteiger partial charge is 0.437 e. The minimum atomic E-state index is -3.45. The maximum atomic E-state index is 13.7. The van der Waals surface area contributed by atoms with Gasteiger partial charge in [0.2, 0.25) is 0 Å². The molecule has 1 aromatic rings. The Hall–Kier alpha value is -1.34. The van der Waals surface area contributed by atoms with Crippen molar-refractivity contribution in [2.75, 3.05) is 0 Å². The minimum absolute atomic E-state index is 0.344. The quantitative estimate of drug-likeness (QED) is 0.227. The molecule has 10 nitrogen and oxygen atoms in total. The summed E-state index contributed by atoms with van der Waals surface area (Å²) < 4.78 is 38.4. The summed E-state index contributed by atoms with van der Waals surface area (Å²) in [7, 11) is -10.3. The number of nitrogens with zero attached hydrogens (tertiary/aromatic N) is 2. The topological polar surface area (TPSA) is 123 Å². The molecule has 0 saturated heterocycles. The second kappa shape index (κ2) is 9.65. The molecule has 0 aromatic heterocycles. The lowest BCUT2D eigenvalue weighted by molar-refractivity contribution is -0.396. The van der Waals surface area contributed by atoms with Gasteiger partial charge in [0.15, 0.2) is 16.6 Å². The van der Waals surface area contributed by atoms with Crippen molar-refractivity contribution < 1.29 is 31.0 Å². The van der Waals surface area contributed by atoms with Gasteiger partial charge in [-0.1, -0.05) is 0 Å². The number of halogens is 1. The first-order valence-corrected chi connectivity index (χ1v) is 21.5. The van der Waals surface area contributed by atoms with E-state index in [2.05, 4.69) is 0 Å². The van der Waals surface area contributed by atoms with Gasteiger partial charge in [0.05, 0.1) is 28.6 Å². The summed E-state index contributed by atoms with van der Waals surface area (Å²) >= 11 is 0. The Kier molecular flexibility index (Phi) is 8.62. The van der Waals surface area contributed by atoms with Crippen LogP contribution in [0.1, 0.15) is 5.56 Å². The Balaban J connectivity index is 3.35. The van der Waals surface area contributed by atoms with Gasteiger partial charge in [0.1, 0.15) is 11.4 Å². The van der Waals surface area contributed by atoms with Crippen LogP contribution in [0.5, 0.6) is 0 Å². The van der Waals surface area contributed by atoms with Crippen LogP contribution in [0.4, 0.5) is 15.8 Å². The van der Waals surface area contributed by atoms with E-state index in [9.17, 15) is 24.6 Å². The van der Waals surface area contributed by atoms with E-state index in [-0.39, 0.29) is 5.56 Å². The molecular weight excluding hydrogens is 480 g/mol. The van der Waals surface area contributed by atoms with Crippen LogP contribution in [-0.2, 0) is 23.4 Å². The van der Waals surface area contributed by atoms with Gasteiger partial charge in [-0.2, -0.15) is 0 Å². The first-order chi connectivity index (χ1) is 13.7. The van der Waals surface area contributed by atoms with Gasteiger partial charge in [-0.15, -0.1) is 0 Å². The van der Waals surface area contributed by atoms with E-state index >= 15 is 0 Å². The highest BCUT2D eigenvalue weighted by Gasteiger charge is 2.47. The zero-order valence-corrected chi connectivity index (χ0v) is 23.4. The lowest BCUT2D eigenvalue weighted by atomic mass is 10.1. The fourth-order valence-corrected chi connectivity index (χ4v) is 19.0. The fraction of sp³-hybridized carbons (Fsp3) is 0.625. The van der Waals surface area contributed by atoms with E-state index in [4.69, 9.17) is 16.8 Å². The molecule has 0 spiro atoms. The van der Waals surface area contributed by atoms with Crippen molar-refractivity contribution in [3.05, 3.63) is 43.7 Å². The maximum absolute atomic E-state index is 13.7. The van der Waals surface area contributed by atoms with Crippen molar-refractivity contribution in [2.45, 2.75) is 65.5 Å². The van der Waals surface area contributed by atoms with Crippen LogP contribution < -0.4 is 0 Å². The second-order valence-corrected chi connectivity index (χ2v) is 25.2. The second-order valence-electron chi connectivity index (χ2n) is 9.52. The molecule has 1 aromatic carbocycles. The van der Waals surface area contributed by atoms with Crippen molar-refractivity contribution in [1.29, 1.82) is 0 Å². The number of nitro groups is 2. The first kappa shape index (κ1) is 27.7. The number of nitro benzene ring substituents is 2. The molecule has 0 amide bonds. The third-order valence-corrected chi connectivity index (χ3v) is 16.0. The van der Waals surface area contributed by atoms with E-state index in [1.807, 2.05) is 52.4 Å². The van der Waals surface area contributed by atoms with E-state index < -0.39 is 67.6 Å². The van der Waals surface area contributed by atoms with Crippen LogP contribution in [-0.4, -0.2) is 43.8 Å². The van der Waals surface area contributed by atoms with Crippen LogP contribution in [0, 0.1) is 26.0 Å². The Morgan fingerprint density at radius 1 is 0.806 bits per heavy atom. The summed E-state index contributed by atoms with van der Waals surface area (Å²) in [5.74, 6) is -1.08. The van der Waals surface area contributed by atoms with Gasteiger partial charge in [0, 0.05) is 6.55 Å². The Morgan fingerprint density at radius 3 is 1.58 bits per heavy atom. The van der Waals surface area contributed by atoms with Crippen molar-refractivity contribution in [3.63, 3.8) is 0 Å². The largest absolute Gasteiger partial charge is 0.478 e. The van der Waals surface area contributed by atoms with Crippen molar-refractivity contribution >= 4 is 45.4 Å². The predicted octanol–water partition coefficient (Wildman–Crippen LogP) is 5.15. The molecule has 0 bridgehead atoms. The average molecular weight is 511 g/mol. The van der Waals surface area contributed by atoms with Crippen molar-refractivity contribution in [3.8, 4) is 0 Å². The highest BCUT2D eigenvalue weighted by Crippen LogP contribution is 2.33. The van der Waals surface area contributed by atoms with Crippen LogP contribution in [0.25, 0.3) is 0 Å². The molecule has 1 rings (SSSR count).